The SMILES string of the molecule is Cc1ccc(C2=NC(C(=O)O)CS2)cc1F. The summed E-state index contributed by atoms with van der Waals surface area (Å²) in [6.45, 7) is 1.68. The van der Waals surface area contributed by atoms with Gasteiger partial charge in [-0.25, -0.2) is 9.18 Å². The molecule has 0 bridgehead atoms. The van der Waals surface area contributed by atoms with Crippen LogP contribution in [0.5, 0.6) is 0 Å². The lowest BCUT2D eigenvalue weighted by Crippen LogP contribution is -2.17. The third-order valence-corrected chi connectivity index (χ3v) is 3.45. The minimum Gasteiger partial charge on any atom is -0.480 e. The van der Waals surface area contributed by atoms with E-state index in [0.717, 1.165) is 0 Å². The van der Waals surface area contributed by atoms with Crippen LogP contribution in [0.3, 0.4) is 0 Å². The lowest BCUT2D eigenvalue weighted by Gasteiger charge is -2.01. The van der Waals surface area contributed by atoms with Crippen molar-refractivity contribution in [2.24, 2.45) is 4.99 Å². The molecule has 1 aromatic carbocycles. The molecule has 1 atom stereocenters. The highest BCUT2D eigenvalue weighted by atomic mass is 32.2. The molecule has 0 fully saturated rings. The van der Waals surface area contributed by atoms with Gasteiger partial charge in [-0.1, -0.05) is 12.1 Å². The molecule has 0 saturated heterocycles. The van der Waals surface area contributed by atoms with Crippen molar-refractivity contribution < 1.29 is 14.3 Å². The number of thioether (sulfide) groups is 1. The Morgan fingerprint density at radius 3 is 2.94 bits per heavy atom. The van der Waals surface area contributed by atoms with Crippen molar-refractivity contribution in [2.45, 2.75) is 13.0 Å². The summed E-state index contributed by atoms with van der Waals surface area (Å²) < 4.78 is 13.3. The van der Waals surface area contributed by atoms with Crippen molar-refractivity contribution in [1.29, 1.82) is 0 Å². The maximum Gasteiger partial charge on any atom is 0.329 e. The topological polar surface area (TPSA) is 49.7 Å². The van der Waals surface area contributed by atoms with Crippen LogP contribution in [0.25, 0.3) is 0 Å². The van der Waals surface area contributed by atoms with E-state index in [-0.39, 0.29) is 5.82 Å². The van der Waals surface area contributed by atoms with Gasteiger partial charge in [0.2, 0.25) is 0 Å². The van der Waals surface area contributed by atoms with E-state index in [1.54, 1.807) is 19.1 Å². The maximum absolute atomic E-state index is 13.3. The van der Waals surface area contributed by atoms with Gasteiger partial charge in [0.05, 0.1) is 5.04 Å². The van der Waals surface area contributed by atoms with Crippen LogP contribution in [0, 0.1) is 12.7 Å². The number of nitrogens with zero attached hydrogens (tertiary/aromatic N) is 1. The van der Waals surface area contributed by atoms with Gasteiger partial charge >= 0.3 is 5.97 Å². The van der Waals surface area contributed by atoms with Crippen molar-refractivity contribution in [2.75, 3.05) is 5.75 Å². The minimum atomic E-state index is -0.935. The number of carboxylic acid groups (broad SMARTS) is 1. The first kappa shape index (κ1) is 11.1. The number of hydrogen-bond acceptors (Lipinski definition) is 3. The Morgan fingerprint density at radius 1 is 1.62 bits per heavy atom. The maximum atomic E-state index is 13.3. The van der Waals surface area contributed by atoms with Gasteiger partial charge < -0.3 is 5.11 Å². The number of rotatable bonds is 2. The summed E-state index contributed by atoms with van der Waals surface area (Å²) in [4.78, 5) is 14.7. The molecule has 84 valence electrons. The van der Waals surface area contributed by atoms with Gasteiger partial charge in [-0.05, 0) is 18.6 Å². The second-order valence-corrected chi connectivity index (χ2v) is 4.57. The van der Waals surface area contributed by atoms with Crippen molar-refractivity contribution in [1.82, 2.24) is 0 Å². The molecule has 1 aromatic rings. The molecule has 1 aliphatic heterocycles. The highest BCUT2D eigenvalue weighted by molar-refractivity contribution is 8.14. The van der Waals surface area contributed by atoms with Gasteiger partial charge in [-0.15, -0.1) is 11.8 Å². The quantitative estimate of drug-likeness (QED) is 0.859. The zero-order valence-corrected chi connectivity index (χ0v) is 9.42. The Labute approximate surface area is 96.4 Å². The van der Waals surface area contributed by atoms with Crippen LogP contribution < -0.4 is 0 Å². The molecule has 0 aromatic heterocycles. The average Bonchev–Trinajstić information content (AvgIpc) is 2.71. The number of hydrogen-bond donors (Lipinski definition) is 1. The molecule has 1 unspecified atom stereocenters. The second kappa shape index (κ2) is 4.25. The van der Waals surface area contributed by atoms with Crippen molar-refractivity contribution in [3.63, 3.8) is 0 Å². The summed E-state index contributed by atoms with van der Waals surface area (Å²) in [7, 11) is 0. The monoisotopic (exact) mass is 239 g/mol. The molecule has 3 nitrogen and oxygen atoms in total. The Hall–Kier alpha value is -1.36. The first-order valence-corrected chi connectivity index (χ1v) is 5.76. The van der Waals surface area contributed by atoms with Crippen LogP contribution in [-0.2, 0) is 4.79 Å². The first-order chi connectivity index (χ1) is 7.58. The molecule has 0 amide bonds. The Morgan fingerprint density at radius 2 is 2.38 bits per heavy atom. The number of aliphatic imine (C=N–C) groups is 1. The third-order valence-electron chi connectivity index (χ3n) is 2.35. The summed E-state index contributed by atoms with van der Waals surface area (Å²) in [5.74, 6) is -0.810. The molecular formula is C11H10FNO2S. The number of carboxylic acids is 1. The van der Waals surface area contributed by atoms with Gasteiger partial charge in [0.1, 0.15) is 5.82 Å². The Balaban J connectivity index is 2.29. The minimum absolute atomic E-state index is 0.292. The van der Waals surface area contributed by atoms with Gasteiger partial charge in [0.25, 0.3) is 0 Å². The Bertz CT molecular complexity index is 473. The molecule has 0 radical (unpaired) electrons. The summed E-state index contributed by atoms with van der Waals surface area (Å²) in [5, 5.41) is 9.39. The predicted octanol–water partition coefficient (Wildman–Crippen LogP) is 2.08. The first-order valence-electron chi connectivity index (χ1n) is 4.78. The van der Waals surface area contributed by atoms with E-state index in [0.29, 0.717) is 21.9 Å². The molecule has 16 heavy (non-hydrogen) atoms. The third kappa shape index (κ3) is 2.09. The standard InChI is InChI=1S/C11H10FNO2S/c1-6-2-3-7(4-8(6)12)10-13-9(5-16-10)11(14)15/h2-4,9H,5H2,1H3,(H,14,15). The number of benzene rings is 1. The van der Waals surface area contributed by atoms with Crippen LogP contribution in [0.2, 0.25) is 0 Å². The fourth-order valence-corrected chi connectivity index (χ4v) is 2.41. The molecule has 1 heterocycles. The van der Waals surface area contributed by atoms with E-state index < -0.39 is 12.0 Å². The fraction of sp³-hybridized carbons (Fsp3) is 0.273. The largest absolute Gasteiger partial charge is 0.480 e. The van der Waals surface area contributed by atoms with E-state index in [2.05, 4.69) is 4.99 Å². The summed E-state index contributed by atoms with van der Waals surface area (Å²) >= 11 is 1.35. The number of halogens is 1. The van der Waals surface area contributed by atoms with Gasteiger partial charge in [-0.3, -0.25) is 4.99 Å². The molecule has 0 spiro atoms. The lowest BCUT2D eigenvalue weighted by atomic mass is 10.1. The molecule has 0 saturated carbocycles. The molecular weight excluding hydrogens is 229 g/mol. The van der Waals surface area contributed by atoms with Gasteiger partial charge in [-0.2, -0.15) is 0 Å². The average molecular weight is 239 g/mol. The van der Waals surface area contributed by atoms with Crippen LogP contribution in [0.4, 0.5) is 4.39 Å². The van der Waals surface area contributed by atoms with E-state index in [1.165, 1.54) is 17.8 Å². The van der Waals surface area contributed by atoms with Crippen molar-refractivity contribution >= 4 is 22.8 Å². The fourth-order valence-electron chi connectivity index (χ4n) is 1.38. The summed E-state index contributed by atoms with van der Waals surface area (Å²) in [6.07, 6.45) is 0. The Kier molecular flexibility index (Phi) is 2.96. The normalized spacial score (nSPS) is 19.6. The smallest absolute Gasteiger partial charge is 0.329 e. The summed E-state index contributed by atoms with van der Waals surface area (Å²) in [5.41, 5.74) is 1.22. The second-order valence-electron chi connectivity index (χ2n) is 3.56. The van der Waals surface area contributed by atoms with Gasteiger partial charge in [0, 0.05) is 11.3 Å². The number of carbonyl (C=O) groups is 1. The van der Waals surface area contributed by atoms with E-state index in [9.17, 15) is 9.18 Å². The number of aliphatic carboxylic acids is 1. The van der Waals surface area contributed by atoms with Gasteiger partial charge in [0.15, 0.2) is 6.04 Å². The molecule has 0 aliphatic carbocycles. The lowest BCUT2D eigenvalue weighted by molar-refractivity contribution is -0.137. The highest BCUT2D eigenvalue weighted by Crippen LogP contribution is 2.24. The van der Waals surface area contributed by atoms with Crippen LogP contribution in [0.1, 0.15) is 11.1 Å². The molecule has 2 rings (SSSR count). The van der Waals surface area contributed by atoms with E-state index in [4.69, 9.17) is 5.11 Å². The van der Waals surface area contributed by atoms with E-state index in [1.807, 2.05) is 0 Å². The zero-order valence-electron chi connectivity index (χ0n) is 8.61. The van der Waals surface area contributed by atoms with Crippen molar-refractivity contribution in [3.8, 4) is 0 Å². The molecule has 1 aliphatic rings. The van der Waals surface area contributed by atoms with Crippen LogP contribution in [0.15, 0.2) is 23.2 Å². The van der Waals surface area contributed by atoms with E-state index >= 15 is 0 Å². The predicted molar refractivity (Wildman–Crippen MR) is 61.6 cm³/mol. The summed E-state index contributed by atoms with van der Waals surface area (Å²) in [6, 6.07) is 4.12. The number of aryl methyl sites for hydroxylation is 1. The highest BCUT2D eigenvalue weighted by Gasteiger charge is 2.25. The van der Waals surface area contributed by atoms with Crippen LogP contribution in [-0.4, -0.2) is 27.9 Å². The molecule has 5 heteroatoms. The van der Waals surface area contributed by atoms with Crippen molar-refractivity contribution in [3.05, 3.63) is 35.1 Å². The van der Waals surface area contributed by atoms with Crippen LogP contribution >= 0.6 is 11.8 Å². The molecule has 1 N–H and O–H groups in total. The zero-order chi connectivity index (χ0) is 11.7.